The molecule has 24 heavy (non-hydrogen) atoms. The fraction of sp³-hybridized carbons (Fsp3) is 0.714. The number of carbonyl (C=O) groups excluding carboxylic acids is 2. The number of carbonyl (C=O) groups is 3. The van der Waals surface area contributed by atoms with Gasteiger partial charge in [-0.15, -0.1) is 0 Å². The van der Waals surface area contributed by atoms with Gasteiger partial charge >= 0.3 is 5.97 Å². The summed E-state index contributed by atoms with van der Waals surface area (Å²) in [6, 6.07) is -1.65. The van der Waals surface area contributed by atoms with Crippen molar-refractivity contribution in [3.05, 3.63) is 0 Å². The van der Waals surface area contributed by atoms with Gasteiger partial charge in [0.1, 0.15) is 12.6 Å². The first-order valence-corrected chi connectivity index (χ1v) is 7.79. The van der Waals surface area contributed by atoms with Crippen LogP contribution in [0.2, 0.25) is 0 Å². The van der Waals surface area contributed by atoms with Gasteiger partial charge in [0.15, 0.2) is 5.96 Å². The Morgan fingerprint density at radius 3 is 2.33 bits per heavy atom. The quantitative estimate of drug-likeness (QED) is 0.143. The Morgan fingerprint density at radius 2 is 1.83 bits per heavy atom. The second kappa shape index (κ2) is 11.2. The Labute approximate surface area is 141 Å². The summed E-state index contributed by atoms with van der Waals surface area (Å²) >= 11 is 0. The Morgan fingerprint density at radius 1 is 1.21 bits per heavy atom. The molecule has 0 saturated heterocycles. The van der Waals surface area contributed by atoms with Crippen LogP contribution in [0, 0.1) is 5.92 Å². The summed E-state index contributed by atoms with van der Waals surface area (Å²) in [7, 11) is 0. The summed E-state index contributed by atoms with van der Waals surface area (Å²) in [6.07, 6.45) is 1.50. The van der Waals surface area contributed by atoms with E-state index in [2.05, 4.69) is 15.6 Å². The molecule has 0 rings (SSSR count). The molecule has 0 fully saturated rings. The molecule has 0 radical (unpaired) electrons. The molecule has 3 atom stereocenters. The number of nitrogens with one attached hydrogen (secondary N) is 2. The molecule has 0 aromatic carbocycles. The van der Waals surface area contributed by atoms with Gasteiger partial charge < -0.3 is 32.9 Å². The number of hydrogen-bond acceptors (Lipinski definition) is 5. The van der Waals surface area contributed by atoms with Crippen LogP contribution in [0.5, 0.6) is 0 Å². The van der Waals surface area contributed by atoms with Gasteiger partial charge in [-0.05, 0) is 18.8 Å². The summed E-state index contributed by atoms with van der Waals surface area (Å²) in [5, 5.41) is 13.5. The van der Waals surface area contributed by atoms with Crippen LogP contribution in [0.4, 0.5) is 0 Å². The third kappa shape index (κ3) is 8.93. The fourth-order valence-electron chi connectivity index (χ4n) is 1.89. The monoisotopic (exact) mass is 344 g/mol. The lowest BCUT2D eigenvalue weighted by atomic mass is 9.97. The SMILES string of the molecule is CCC(C)C(NC(=O)C(N)CCCN=C(N)N)C(=O)NCC(=O)O. The molecule has 10 heteroatoms. The van der Waals surface area contributed by atoms with E-state index in [4.69, 9.17) is 22.3 Å². The fourth-order valence-corrected chi connectivity index (χ4v) is 1.89. The highest BCUT2D eigenvalue weighted by atomic mass is 16.4. The maximum atomic E-state index is 12.1. The largest absolute Gasteiger partial charge is 0.480 e. The maximum Gasteiger partial charge on any atom is 0.322 e. The molecule has 0 spiro atoms. The zero-order valence-electron chi connectivity index (χ0n) is 14.1. The van der Waals surface area contributed by atoms with Gasteiger partial charge in [-0.3, -0.25) is 19.4 Å². The smallest absolute Gasteiger partial charge is 0.322 e. The van der Waals surface area contributed by atoms with E-state index >= 15 is 0 Å². The minimum atomic E-state index is -1.16. The van der Waals surface area contributed by atoms with Gasteiger partial charge in [-0.25, -0.2) is 0 Å². The molecule has 0 bridgehead atoms. The zero-order chi connectivity index (χ0) is 18.7. The van der Waals surface area contributed by atoms with E-state index in [1.165, 1.54) is 0 Å². The lowest BCUT2D eigenvalue weighted by Gasteiger charge is -2.24. The second-order valence-electron chi connectivity index (χ2n) is 5.54. The second-order valence-corrected chi connectivity index (χ2v) is 5.54. The average molecular weight is 344 g/mol. The zero-order valence-corrected chi connectivity index (χ0v) is 14.1. The molecule has 0 aromatic rings. The molecule has 0 heterocycles. The van der Waals surface area contributed by atoms with Crippen molar-refractivity contribution < 1.29 is 19.5 Å². The van der Waals surface area contributed by atoms with Crippen LogP contribution in [0.3, 0.4) is 0 Å². The highest BCUT2D eigenvalue weighted by molar-refractivity contribution is 5.91. The Kier molecular flexibility index (Phi) is 10.1. The predicted molar refractivity (Wildman–Crippen MR) is 89.9 cm³/mol. The average Bonchev–Trinajstić information content (AvgIpc) is 2.52. The van der Waals surface area contributed by atoms with Crippen molar-refractivity contribution in [1.82, 2.24) is 10.6 Å². The summed E-state index contributed by atoms with van der Waals surface area (Å²) in [4.78, 5) is 38.5. The molecule has 10 nitrogen and oxygen atoms in total. The summed E-state index contributed by atoms with van der Waals surface area (Å²) in [5.41, 5.74) is 16.2. The van der Waals surface area contributed by atoms with Crippen molar-refractivity contribution in [3.63, 3.8) is 0 Å². The van der Waals surface area contributed by atoms with Crippen molar-refractivity contribution in [3.8, 4) is 0 Å². The molecule has 138 valence electrons. The molecule has 0 aliphatic rings. The minimum Gasteiger partial charge on any atom is -0.480 e. The van der Waals surface area contributed by atoms with E-state index in [0.717, 1.165) is 0 Å². The molecule has 0 saturated carbocycles. The van der Waals surface area contributed by atoms with E-state index < -0.39 is 36.4 Å². The van der Waals surface area contributed by atoms with Crippen LogP contribution in [-0.2, 0) is 14.4 Å². The highest BCUT2D eigenvalue weighted by Crippen LogP contribution is 2.09. The van der Waals surface area contributed by atoms with Gasteiger partial charge in [-0.1, -0.05) is 20.3 Å². The molecule has 3 unspecified atom stereocenters. The van der Waals surface area contributed by atoms with Crippen LogP contribution in [0.1, 0.15) is 33.1 Å². The third-order valence-electron chi connectivity index (χ3n) is 3.51. The van der Waals surface area contributed by atoms with Crippen LogP contribution < -0.4 is 27.8 Å². The van der Waals surface area contributed by atoms with Crippen molar-refractivity contribution >= 4 is 23.7 Å². The van der Waals surface area contributed by atoms with Crippen LogP contribution in [-0.4, -0.2) is 54.0 Å². The van der Waals surface area contributed by atoms with Crippen molar-refractivity contribution in [1.29, 1.82) is 0 Å². The van der Waals surface area contributed by atoms with Gasteiger partial charge in [0.25, 0.3) is 0 Å². The summed E-state index contributed by atoms with van der Waals surface area (Å²) in [6.45, 7) is 3.50. The Balaban J connectivity index is 4.60. The van der Waals surface area contributed by atoms with Gasteiger partial charge in [0, 0.05) is 6.54 Å². The lowest BCUT2D eigenvalue weighted by molar-refractivity contribution is -0.138. The number of carboxylic acid groups (broad SMARTS) is 1. The highest BCUT2D eigenvalue weighted by Gasteiger charge is 2.27. The van der Waals surface area contributed by atoms with Crippen LogP contribution in [0.15, 0.2) is 4.99 Å². The number of amides is 2. The third-order valence-corrected chi connectivity index (χ3v) is 3.51. The normalized spacial score (nSPS) is 14.1. The number of aliphatic imine (C=N–C) groups is 1. The number of nitrogens with zero attached hydrogens (tertiary/aromatic N) is 1. The predicted octanol–water partition coefficient (Wildman–Crippen LogP) is -1.90. The van der Waals surface area contributed by atoms with E-state index in [1.807, 2.05) is 6.92 Å². The first-order valence-electron chi connectivity index (χ1n) is 7.79. The lowest BCUT2D eigenvalue weighted by Crippen LogP contribution is -2.54. The molecule has 9 N–H and O–H groups in total. The van der Waals surface area contributed by atoms with Crippen molar-refractivity contribution in [2.45, 2.75) is 45.2 Å². The molecule has 0 aliphatic heterocycles. The first-order chi connectivity index (χ1) is 11.2. The first kappa shape index (κ1) is 21.6. The Bertz CT molecular complexity index is 464. The summed E-state index contributed by atoms with van der Waals surface area (Å²) in [5.74, 6) is -2.38. The number of aliphatic carboxylic acids is 1. The molecule has 0 aromatic heterocycles. The van der Waals surface area contributed by atoms with Crippen LogP contribution in [0.25, 0.3) is 0 Å². The number of hydrogen-bond donors (Lipinski definition) is 6. The number of carboxylic acids is 1. The molecule has 0 aliphatic carbocycles. The van der Waals surface area contributed by atoms with Crippen LogP contribution >= 0.6 is 0 Å². The topological polar surface area (TPSA) is 186 Å². The van der Waals surface area contributed by atoms with Gasteiger partial charge in [0.05, 0.1) is 6.04 Å². The van der Waals surface area contributed by atoms with E-state index in [1.54, 1.807) is 6.92 Å². The van der Waals surface area contributed by atoms with Crippen molar-refractivity contribution in [2.75, 3.05) is 13.1 Å². The maximum absolute atomic E-state index is 12.1. The number of rotatable bonds is 11. The number of guanidine groups is 1. The number of nitrogens with two attached hydrogens (primary N) is 3. The van der Waals surface area contributed by atoms with Gasteiger partial charge in [-0.2, -0.15) is 0 Å². The van der Waals surface area contributed by atoms with E-state index in [0.29, 0.717) is 25.8 Å². The van der Waals surface area contributed by atoms with Gasteiger partial charge in [0.2, 0.25) is 11.8 Å². The molecular formula is C14H28N6O4. The molecule has 2 amide bonds. The van der Waals surface area contributed by atoms with E-state index in [-0.39, 0.29) is 11.9 Å². The minimum absolute atomic E-state index is 0.0278. The standard InChI is InChI=1S/C14H28N6O4/c1-3-8(2)11(13(24)19-7-10(21)22)20-12(23)9(15)5-4-6-18-14(16)17/h8-9,11H,3-7,15H2,1-2H3,(H,19,24)(H,20,23)(H,21,22)(H4,16,17,18). The molecular weight excluding hydrogens is 316 g/mol. The summed E-state index contributed by atoms with van der Waals surface area (Å²) < 4.78 is 0. The Hall–Kier alpha value is -2.36. The van der Waals surface area contributed by atoms with E-state index in [9.17, 15) is 14.4 Å². The van der Waals surface area contributed by atoms with Crippen molar-refractivity contribution in [2.24, 2.45) is 28.1 Å².